The van der Waals surface area contributed by atoms with Gasteiger partial charge in [0.1, 0.15) is 5.75 Å². The van der Waals surface area contributed by atoms with Crippen molar-refractivity contribution in [3.05, 3.63) is 18.2 Å². The van der Waals surface area contributed by atoms with E-state index >= 15 is 0 Å². The molecule has 2 heterocycles. The van der Waals surface area contributed by atoms with Crippen molar-refractivity contribution in [2.75, 3.05) is 23.7 Å². The molecule has 3 N–H and O–H groups in total. The van der Waals surface area contributed by atoms with Crippen LogP contribution in [0.4, 0.5) is 11.4 Å². The van der Waals surface area contributed by atoms with Crippen molar-refractivity contribution in [3.63, 3.8) is 0 Å². The van der Waals surface area contributed by atoms with Crippen LogP contribution in [0.5, 0.6) is 5.75 Å². The predicted molar refractivity (Wildman–Crippen MR) is 91.3 cm³/mol. The van der Waals surface area contributed by atoms with Crippen LogP contribution < -0.4 is 20.7 Å². The number of amides is 2. The minimum absolute atomic E-state index is 0. The summed E-state index contributed by atoms with van der Waals surface area (Å²) in [5.41, 5.74) is 0.851. The van der Waals surface area contributed by atoms with Gasteiger partial charge in [-0.15, -0.1) is 12.4 Å². The summed E-state index contributed by atoms with van der Waals surface area (Å²) in [6.07, 6.45) is 1.37. The maximum Gasteiger partial charge on any atom is 0.265 e. The third-order valence-corrected chi connectivity index (χ3v) is 4.31. The highest BCUT2D eigenvalue weighted by molar-refractivity contribution is 6.00. The Morgan fingerprint density at radius 3 is 2.91 bits per heavy atom. The average molecular weight is 340 g/mol. The lowest BCUT2D eigenvalue weighted by Crippen LogP contribution is -2.46. The number of benzene rings is 1. The Balaban J connectivity index is 0.00000192. The molecule has 2 aliphatic heterocycles. The van der Waals surface area contributed by atoms with E-state index in [9.17, 15) is 9.59 Å². The molecule has 1 fully saturated rings. The number of carbonyl (C=O) groups is 2. The molecule has 2 aliphatic rings. The van der Waals surface area contributed by atoms with Crippen molar-refractivity contribution < 1.29 is 14.3 Å². The molecular weight excluding hydrogens is 318 g/mol. The summed E-state index contributed by atoms with van der Waals surface area (Å²) in [7, 11) is 0. The van der Waals surface area contributed by atoms with Gasteiger partial charge in [-0.1, -0.05) is 0 Å². The van der Waals surface area contributed by atoms with E-state index in [0.717, 1.165) is 19.4 Å². The summed E-state index contributed by atoms with van der Waals surface area (Å²) < 4.78 is 5.51. The van der Waals surface area contributed by atoms with Crippen LogP contribution in [0.15, 0.2) is 18.2 Å². The molecule has 126 valence electrons. The van der Waals surface area contributed by atoms with Gasteiger partial charge in [-0.2, -0.15) is 0 Å². The van der Waals surface area contributed by atoms with Crippen molar-refractivity contribution in [3.8, 4) is 5.75 Å². The number of fused-ring (bicyclic) bond motifs is 1. The highest BCUT2D eigenvalue weighted by Crippen LogP contribution is 2.33. The van der Waals surface area contributed by atoms with Gasteiger partial charge in [0.15, 0.2) is 6.10 Å². The van der Waals surface area contributed by atoms with E-state index in [1.807, 2.05) is 6.92 Å². The van der Waals surface area contributed by atoms with Crippen LogP contribution in [0.3, 0.4) is 0 Å². The molecule has 0 spiro atoms. The van der Waals surface area contributed by atoms with Crippen molar-refractivity contribution in [2.45, 2.75) is 32.8 Å². The van der Waals surface area contributed by atoms with Crippen LogP contribution in [-0.2, 0) is 9.59 Å². The van der Waals surface area contributed by atoms with Gasteiger partial charge in [0.25, 0.3) is 5.91 Å². The number of hydrogen-bond donors (Lipinski definition) is 3. The second-order valence-electron chi connectivity index (χ2n) is 6.26. The summed E-state index contributed by atoms with van der Waals surface area (Å²) in [5.74, 6) is 0.436. The molecule has 1 saturated heterocycles. The molecule has 0 saturated carbocycles. The Kier molecular flexibility index (Phi) is 5.16. The number of piperidine rings is 1. The van der Waals surface area contributed by atoms with Crippen LogP contribution in [-0.4, -0.2) is 31.0 Å². The highest BCUT2D eigenvalue weighted by Gasteiger charge is 2.34. The Hall–Kier alpha value is -1.79. The van der Waals surface area contributed by atoms with Gasteiger partial charge in [-0.05, 0) is 51.4 Å². The van der Waals surface area contributed by atoms with E-state index in [0.29, 0.717) is 23.7 Å². The molecule has 2 amide bonds. The minimum Gasteiger partial charge on any atom is -0.479 e. The highest BCUT2D eigenvalue weighted by atomic mass is 35.5. The SMILES string of the molecule is CC1Oc2ccc(NC(=O)C3(C)CCCNC3)cc2NC1=O.Cl. The lowest BCUT2D eigenvalue weighted by molar-refractivity contribution is -0.125. The third-order valence-electron chi connectivity index (χ3n) is 4.31. The zero-order valence-corrected chi connectivity index (χ0v) is 14.1. The Morgan fingerprint density at radius 2 is 2.22 bits per heavy atom. The monoisotopic (exact) mass is 339 g/mol. The minimum atomic E-state index is -0.500. The summed E-state index contributed by atoms with van der Waals surface area (Å²) >= 11 is 0. The maximum atomic E-state index is 12.5. The van der Waals surface area contributed by atoms with Crippen LogP contribution in [0, 0.1) is 5.41 Å². The zero-order valence-electron chi connectivity index (χ0n) is 13.3. The first kappa shape index (κ1) is 17.6. The number of anilines is 2. The summed E-state index contributed by atoms with van der Waals surface area (Å²) in [4.78, 5) is 24.2. The van der Waals surface area contributed by atoms with Crippen molar-refractivity contribution in [1.82, 2.24) is 5.32 Å². The van der Waals surface area contributed by atoms with Crippen LogP contribution in [0.1, 0.15) is 26.7 Å². The number of carbonyl (C=O) groups excluding carboxylic acids is 2. The molecule has 0 radical (unpaired) electrons. The number of halogens is 1. The topological polar surface area (TPSA) is 79.5 Å². The first-order valence-electron chi connectivity index (χ1n) is 7.62. The van der Waals surface area contributed by atoms with Gasteiger partial charge in [-0.3, -0.25) is 9.59 Å². The van der Waals surface area contributed by atoms with Crippen LogP contribution >= 0.6 is 12.4 Å². The van der Waals surface area contributed by atoms with Gasteiger partial charge < -0.3 is 20.7 Å². The normalized spacial score (nSPS) is 26.2. The molecule has 2 atom stereocenters. The Bertz CT molecular complexity index is 615. The summed E-state index contributed by atoms with van der Waals surface area (Å²) in [5, 5.41) is 8.99. The first-order chi connectivity index (χ1) is 10.5. The number of hydrogen-bond acceptors (Lipinski definition) is 4. The molecule has 6 nitrogen and oxygen atoms in total. The molecule has 23 heavy (non-hydrogen) atoms. The molecule has 0 aromatic heterocycles. The third kappa shape index (κ3) is 3.59. The lowest BCUT2D eigenvalue weighted by Gasteiger charge is -2.32. The van der Waals surface area contributed by atoms with Crippen molar-refractivity contribution in [1.29, 1.82) is 0 Å². The largest absolute Gasteiger partial charge is 0.479 e. The van der Waals surface area contributed by atoms with Gasteiger partial charge >= 0.3 is 0 Å². The van der Waals surface area contributed by atoms with E-state index in [1.54, 1.807) is 25.1 Å². The van der Waals surface area contributed by atoms with Gasteiger partial charge in [0.05, 0.1) is 11.1 Å². The Labute approximate surface area is 141 Å². The molecule has 0 aliphatic carbocycles. The molecule has 1 aromatic carbocycles. The fourth-order valence-corrected chi connectivity index (χ4v) is 2.82. The first-order valence-corrected chi connectivity index (χ1v) is 7.62. The second kappa shape index (κ2) is 6.76. The zero-order chi connectivity index (χ0) is 15.7. The molecule has 3 rings (SSSR count). The number of ether oxygens (including phenoxy) is 1. The summed E-state index contributed by atoms with van der Waals surface area (Å²) in [6.45, 7) is 5.31. The van der Waals surface area contributed by atoms with Crippen LogP contribution in [0.25, 0.3) is 0 Å². The van der Waals surface area contributed by atoms with Gasteiger partial charge in [-0.25, -0.2) is 0 Å². The average Bonchev–Trinajstić information content (AvgIpc) is 2.49. The lowest BCUT2D eigenvalue weighted by atomic mass is 9.82. The summed E-state index contributed by atoms with van der Waals surface area (Å²) in [6, 6.07) is 5.29. The van der Waals surface area contributed by atoms with Crippen LogP contribution in [0.2, 0.25) is 0 Å². The predicted octanol–water partition coefficient (Wildman–Crippen LogP) is 2.16. The smallest absolute Gasteiger partial charge is 0.265 e. The van der Waals surface area contributed by atoms with Gasteiger partial charge in [0, 0.05) is 12.2 Å². The fraction of sp³-hybridized carbons (Fsp3) is 0.500. The molecule has 0 bridgehead atoms. The van der Waals surface area contributed by atoms with E-state index in [1.165, 1.54) is 0 Å². The number of rotatable bonds is 2. The fourth-order valence-electron chi connectivity index (χ4n) is 2.82. The molecule has 1 aromatic rings. The van der Waals surface area contributed by atoms with Crippen molar-refractivity contribution in [2.24, 2.45) is 5.41 Å². The van der Waals surface area contributed by atoms with E-state index in [4.69, 9.17) is 4.74 Å². The molecule has 2 unspecified atom stereocenters. The van der Waals surface area contributed by atoms with E-state index < -0.39 is 11.5 Å². The Morgan fingerprint density at radius 1 is 1.43 bits per heavy atom. The van der Waals surface area contributed by atoms with Crippen molar-refractivity contribution >= 4 is 35.6 Å². The maximum absolute atomic E-state index is 12.5. The van der Waals surface area contributed by atoms with Gasteiger partial charge in [0.2, 0.25) is 5.91 Å². The second-order valence-corrected chi connectivity index (χ2v) is 6.26. The van der Waals surface area contributed by atoms with E-state index in [-0.39, 0.29) is 24.2 Å². The standard InChI is InChI=1S/C16H21N3O3.ClH/c1-10-14(20)19-12-8-11(4-5-13(12)22-10)18-15(21)16(2)6-3-7-17-9-16;/h4-5,8,10,17H,3,6-7,9H2,1-2H3,(H,18,21)(H,19,20);1H. The quantitative estimate of drug-likeness (QED) is 0.771. The molecular formula is C16H22ClN3O3. The van der Waals surface area contributed by atoms with E-state index in [2.05, 4.69) is 16.0 Å². The molecule has 7 heteroatoms. The number of nitrogens with one attached hydrogen (secondary N) is 3.